The summed E-state index contributed by atoms with van der Waals surface area (Å²) >= 11 is 0. The fourth-order valence-electron chi connectivity index (χ4n) is 4.23. The Bertz CT molecular complexity index is 823. The van der Waals surface area contributed by atoms with E-state index in [9.17, 15) is 0 Å². The predicted molar refractivity (Wildman–Crippen MR) is 130 cm³/mol. The fraction of sp³-hybridized carbons (Fsp3) is 0.536. The van der Waals surface area contributed by atoms with E-state index in [1.54, 1.807) is 0 Å². The highest BCUT2D eigenvalue weighted by molar-refractivity contribution is 5.89. The van der Waals surface area contributed by atoms with Crippen molar-refractivity contribution in [1.29, 1.82) is 0 Å². The van der Waals surface area contributed by atoms with Crippen LogP contribution in [0.5, 0.6) is 5.75 Å². The summed E-state index contributed by atoms with van der Waals surface area (Å²) in [4.78, 5) is 5.01. The Morgan fingerprint density at radius 2 is 1.57 bits per heavy atom. The standard InChI is InChI=1S/C28H39NO/c1-20(2)21(3)30-27-23(13-10-14-26(27)22-11-8-7-9-12-22)19-29-25-17-15-24(16-18-25)28(4,5)6/h7-14,19-21,24-25H,15-18H2,1-6H3/b29-19+. The molecule has 0 heterocycles. The zero-order valence-electron chi connectivity index (χ0n) is 19.7. The first kappa shape index (κ1) is 22.6. The van der Waals surface area contributed by atoms with Gasteiger partial charge in [0, 0.05) is 23.4 Å². The highest BCUT2D eigenvalue weighted by Gasteiger charge is 2.29. The average molecular weight is 406 g/mol. The number of hydrogen-bond acceptors (Lipinski definition) is 2. The molecule has 0 spiro atoms. The molecule has 0 N–H and O–H groups in total. The van der Waals surface area contributed by atoms with Crippen molar-refractivity contribution in [2.75, 3.05) is 0 Å². The van der Waals surface area contributed by atoms with Gasteiger partial charge in [-0.2, -0.15) is 0 Å². The predicted octanol–water partition coefficient (Wildman–Crippen LogP) is 7.80. The molecule has 1 unspecified atom stereocenters. The summed E-state index contributed by atoms with van der Waals surface area (Å²) in [5, 5.41) is 0. The zero-order chi connectivity index (χ0) is 21.7. The second-order valence-electron chi connectivity index (χ2n) is 10.3. The third kappa shape index (κ3) is 5.74. The van der Waals surface area contributed by atoms with Gasteiger partial charge in [-0.1, -0.05) is 77.1 Å². The van der Waals surface area contributed by atoms with Crippen LogP contribution in [0.3, 0.4) is 0 Å². The lowest BCUT2D eigenvalue weighted by atomic mass is 9.71. The lowest BCUT2D eigenvalue weighted by Gasteiger charge is -2.35. The molecule has 162 valence electrons. The van der Waals surface area contributed by atoms with Gasteiger partial charge in [-0.15, -0.1) is 0 Å². The largest absolute Gasteiger partial charge is 0.489 e. The van der Waals surface area contributed by atoms with Crippen LogP contribution in [0.1, 0.15) is 72.8 Å². The first-order chi connectivity index (χ1) is 14.3. The molecule has 30 heavy (non-hydrogen) atoms. The van der Waals surface area contributed by atoms with Crippen LogP contribution < -0.4 is 4.74 Å². The number of nitrogens with zero attached hydrogens (tertiary/aromatic N) is 1. The fourth-order valence-corrected chi connectivity index (χ4v) is 4.23. The SMILES string of the molecule is CC(C)C(C)Oc1c(/C=N/C2CCC(C(C)(C)C)CC2)cccc1-c1ccccc1. The summed E-state index contributed by atoms with van der Waals surface area (Å²) in [6.45, 7) is 13.7. The lowest BCUT2D eigenvalue weighted by Crippen LogP contribution is -2.27. The van der Waals surface area contributed by atoms with E-state index in [1.165, 1.54) is 31.2 Å². The summed E-state index contributed by atoms with van der Waals surface area (Å²) in [6, 6.07) is 17.4. The van der Waals surface area contributed by atoms with E-state index in [0.717, 1.165) is 22.8 Å². The van der Waals surface area contributed by atoms with Gasteiger partial charge in [0.1, 0.15) is 5.75 Å². The van der Waals surface area contributed by atoms with E-state index < -0.39 is 0 Å². The van der Waals surface area contributed by atoms with Crippen LogP contribution in [0, 0.1) is 17.3 Å². The van der Waals surface area contributed by atoms with Crippen molar-refractivity contribution in [3.05, 3.63) is 54.1 Å². The smallest absolute Gasteiger partial charge is 0.136 e. The highest BCUT2D eigenvalue weighted by Crippen LogP contribution is 2.39. The van der Waals surface area contributed by atoms with E-state index in [1.807, 2.05) is 0 Å². The maximum Gasteiger partial charge on any atom is 0.136 e. The van der Waals surface area contributed by atoms with E-state index in [0.29, 0.717) is 17.4 Å². The molecule has 1 fully saturated rings. The van der Waals surface area contributed by atoms with Crippen molar-refractivity contribution in [2.45, 2.75) is 79.4 Å². The molecule has 0 bridgehead atoms. The van der Waals surface area contributed by atoms with E-state index >= 15 is 0 Å². The molecule has 2 aromatic carbocycles. The first-order valence-electron chi connectivity index (χ1n) is 11.6. The van der Waals surface area contributed by atoms with E-state index in [-0.39, 0.29) is 6.10 Å². The second kappa shape index (κ2) is 9.81. The monoisotopic (exact) mass is 405 g/mol. The molecule has 1 aliphatic carbocycles. The van der Waals surface area contributed by atoms with Crippen LogP contribution in [0.4, 0.5) is 0 Å². The summed E-state index contributed by atoms with van der Waals surface area (Å²) in [7, 11) is 0. The van der Waals surface area contributed by atoms with Crippen molar-refractivity contribution in [2.24, 2.45) is 22.2 Å². The van der Waals surface area contributed by atoms with Gasteiger partial charge in [-0.05, 0) is 61.5 Å². The van der Waals surface area contributed by atoms with Crippen LogP contribution in [0.15, 0.2) is 53.5 Å². The van der Waals surface area contributed by atoms with Crippen molar-refractivity contribution < 1.29 is 4.74 Å². The molecule has 2 nitrogen and oxygen atoms in total. The topological polar surface area (TPSA) is 21.6 Å². The summed E-state index contributed by atoms with van der Waals surface area (Å²) in [5.74, 6) is 2.22. The molecule has 3 rings (SSSR count). The molecule has 1 atom stereocenters. The van der Waals surface area contributed by atoms with Crippen LogP contribution >= 0.6 is 0 Å². The Morgan fingerprint density at radius 1 is 0.900 bits per heavy atom. The Hall–Kier alpha value is -2.09. The average Bonchev–Trinajstić information content (AvgIpc) is 2.73. The Kier molecular flexibility index (Phi) is 7.39. The normalized spacial score (nSPS) is 21.2. The Morgan fingerprint density at radius 3 is 2.17 bits per heavy atom. The van der Waals surface area contributed by atoms with Crippen LogP contribution in [0.25, 0.3) is 11.1 Å². The molecule has 2 aromatic rings. The minimum absolute atomic E-state index is 0.143. The number of aliphatic imine (C=N–C) groups is 1. The number of hydrogen-bond donors (Lipinski definition) is 0. The zero-order valence-corrected chi connectivity index (χ0v) is 19.7. The molecule has 0 aromatic heterocycles. The molecular formula is C28H39NO. The molecule has 1 aliphatic rings. The Balaban J connectivity index is 1.84. The molecule has 0 saturated heterocycles. The van der Waals surface area contributed by atoms with Gasteiger partial charge in [0.2, 0.25) is 0 Å². The number of benzene rings is 2. The van der Waals surface area contributed by atoms with Gasteiger partial charge in [-0.25, -0.2) is 0 Å². The minimum Gasteiger partial charge on any atom is -0.489 e. The van der Waals surface area contributed by atoms with Gasteiger partial charge in [0.25, 0.3) is 0 Å². The van der Waals surface area contributed by atoms with Crippen molar-refractivity contribution >= 4 is 6.21 Å². The first-order valence-corrected chi connectivity index (χ1v) is 11.6. The third-order valence-corrected chi connectivity index (χ3v) is 6.72. The molecular weight excluding hydrogens is 366 g/mol. The molecule has 0 amide bonds. The number of ether oxygens (including phenoxy) is 1. The molecule has 0 radical (unpaired) electrons. The van der Waals surface area contributed by atoms with Gasteiger partial charge in [0.15, 0.2) is 0 Å². The number of para-hydroxylation sites is 1. The van der Waals surface area contributed by atoms with E-state index in [2.05, 4.69) is 96.3 Å². The maximum atomic E-state index is 6.50. The van der Waals surface area contributed by atoms with Crippen LogP contribution in [0.2, 0.25) is 0 Å². The van der Waals surface area contributed by atoms with Gasteiger partial charge in [-0.3, -0.25) is 4.99 Å². The minimum atomic E-state index is 0.143. The highest BCUT2D eigenvalue weighted by atomic mass is 16.5. The van der Waals surface area contributed by atoms with Crippen molar-refractivity contribution in [3.8, 4) is 16.9 Å². The van der Waals surface area contributed by atoms with Crippen molar-refractivity contribution in [3.63, 3.8) is 0 Å². The van der Waals surface area contributed by atoms with Crippen LogP contribution in [-0.4, -0.2) is 18.4 Å². The van der Waals surface area contributed by atoms with E-state index in [4.69, 9.17) is 9.73 Å². The van der Waals surface area contributed by atoms with Crippen LogP contribution in [-0.2, 0) is 0 Å². The molecule has 0 aliphatic heterocycles. The summed E-state index contributed by atoms with van der Waals surface area (Å²) in [5.41, 5.74) is 3.82. The summed E-state index contributed by atoms with van der Waals surface area (Å²) < 4.78 is 6.50. The van der Waals surface area contributed by atoms with Crippen molar-refractivity contribution in [1.82, 2.24) is 0 Å². The lowest BCUT2D eigenvalue weighted by molar-refractivity contribution is 0.170. The Labute approximate surface area is 183 Å². The molecule has 2 heteroatoms. The van der Waals surface area contributed by atoms with Gasteiger partial charge in [0.05, 0.1) is 6.10 Å². The summed E-state index contributed by atoms with van der Waals surface area (Å²) in [6.07, 6.45) is 7.15. The quantitative estimate of drug-likeness (QED) is 0.449. The second-order valence-corrected chi connectivity index (χ2v) is 10.3. The molecule has 1 saturated carbocycles. The third-order valence-electron chi connectivity index (χ3n) is 6.72. The number of rotatable bonds is 6. The van der Waals surface area contributed by atoms with Gasteiger partial charge < -0.3 is 4.74 Å². The maximum absolute atomic E-state index is 6.50. The van der Waals surface area contributed by atoms with Gasteiger partial charge >= 0.3 is 0 Å².